The minimum atomic E-state index is -0.404. The number of ether oxygens (including phenoxy) is 1. The molecule has 0 radical (unpaired) electrons. The Morgan fingerprint density at radius 2 is 2.06 bits per heavy atom. The van der Waals surface area contributed by atoms with Crippen LogP contribution in [0.1, 0.15) is 19.8 Å². The molecule has 2 aliphatic rings. The van der Waals surface area contributed by atoms with E-state index in [4.69, 9.17) is 4.74 Å². The Morgan fingerprint density at radius 1 is 1.35 bits per heavy atom. The fourth-order valence-electron chi connectivity index (χ4n) is 2.69. The highest BCUT2D eigenvalue weighted by atomic mass is 16.5. The van der Waals surface area contributed by atoms with Crippen molar-refractivity contribution in [3.8, 4) is 0 Å². The number of rotatable bonds is 4. The van der Waals surface area contributed by atoms with Gasteiger partial charge in [0.05, 0.1) is 12.1 Å². The molecule has 0 aromatic heterocycles. The number of hydrogen-bond donors (Lipinski definition) is 1. The van der Waals surface area contributed by atoms with Crippen LogP contribution in [-0.2, 0) is 9.53 Å². The molecule has 5 heteroatoms. The molecule has 0 unspecified atom stereocenters. The second-order valence-electron chi connectivity index (χ2n) is 4.81. The van der Waals surface area contributed by atoms with Gasteiger partial charge >= 0.3 is 0 Å². The first-order valence-corrected chi connectivity index (χ1v) is 6.50. The van der Waals surface area contributed by atoms with E-state index in [1.807, 2.05) is 6.92 Å². The number of likely N-dealkylation sites (tertiary alicyclic amines) is 2. The number of aliphatic hydroxyl groups is 1. The molecule has 0 saturated carbocycles. The van der Waals surface area contributed by atoms with Crippen LogP contribution in [0.2, 0.25) is 0 Å². The summed E-state index contributed by atoms with van der Waals surface area (Å²) in [5.74, 6) is -0.00685. The van der Waals surface area contributed by atoms with Crippen molar-refractivity contribution in [2.45, 2.75) is 31.9 Å². The highest BCUT2D eigenvalue weighted by molar-refractivity contribution is 5.77. The monoisotopic (exact) mass is 242 g/mol. The van der Waals surface area contributed by atoms with E-state index >= 15 is 0 Å². The summed E-state index contributed by atoms with van der Waals surface area (Å²) in [5, 5.41) is 10.0. The van der Waals surface area contributed by atoms with E-state index in [2.05, 4.69) is 4.90 Å². The smallest absolute Gasteiger partial charge is 0.248 e. The van der Waals surface area contributed by atoms with Crippen molar-refractivity contribution in [3.63, 3.8) is 0 Å². The van der Waals surface area contributed by atoms with Gasteiger partial charge in [-0.3, -0.25) is 9.69 Å². The van der Waals surface area contributed by atoms with Crippen LogP contribution in [-0.4, -0.2) is 72.4 Å². The Kier molecular flexibility index (Phi) is 4.36. The lowest BCUT2D eigenvalue weighted by molar-refractivity contribution is -0.135. The molecule has 0 aromatic rings. The molecule has 17 heavy (non-hydrogen) atoms. The fourth-order valence-corrected chi connectivity index (χ4v) is 2.69. The van der Waals surface area contributed by atoms with Gasteiger partial charge in [-0.05, 0) is 32.9 Å². The van der Waals surface area contributed by atoms with Crippen molar-refractivity contribution in [2.75, 3.05) is 39.4 Å². The quantitative estimate of drug-likeness (QED) is 0.735. The second-order valence-corrected chi connectivity index (χ2v) is 4.81. The van der Waals surface area contributed by atoms with E-state index in [0.717, 1.165) is 13.1 Å². The lowest BCUT2D eigenvalue weighted by Crippen LogP contribution is -2.41. The summed E-state index contributed by atoms with van der Waals surface area (Å²) in [6, 6.07) is 0.128. The van der Waals surface area contributed by atoms with E-state index < -0.39 is 6.10 Å². The maximum absolute atomic E-state index is 11.8. The molecule has 2 rings (SSSR count). The lowest BCUT2D eigenvalue weighted by atomic mass is 10.2. The SMILES string of the molecule is CCOCC(=O)N1C[C@@H](O)[C@H](N2CCCC2)C1. The first-order valence-electron chi connectivity index (χ1n) is 6.50. The summed E-state index contributed by atoms with van der Waals surface area (Å²) >= 11 is 0. The molecule has 2 saturated heterocycles. The third-order valence-corrected chi connectivity index (χ3v) is 3.65. The standard InChI is InChI=1S/C12H22N2O3/c1-2-17-9-12(16)14-7-10(11(15)8-14)13-5-3-4-6-13/h10-11,15H,2-9H2,1H3/t10-,11-/m1/s1. The molecular formula is C12H22N2O3. The summed E-state index contributed by atoms with van der Waals surface area (Å²) in [7, 11) is 0. The van der Waals surface area contributed by atoms with Gasteiger partial charge in [0.2, 0.25) is 5.91 Å². The zero-order valence-electron chi connectivity index (χ0n) is 10.5. The summed E-state index contributed by atoms with van der Waals surface area (Å²) in [6.07, 6.45) is 2.00. The minimum absolute atomic E-state index is 0.00685. The van der Waals surface area contributed by atoms with Gasteiger partial charge in [0, 0.05) is 19.7 Å². The maximum Gasteiger partial charge on any atom is 0.248 e. The molecule has 0 bridgehead atoms. The number of amides is 1. The van der Waals surface area contributed by atoms with Crippen molar-refractivity contribution >= 4 is 5.91 Å². The third kappa shape index (κ3) is 2.97. The molecule has 0 aromatic carbocycles. The van der Waals surface area contributed by atoms with Crippen LogP contribution in [0.5, 0.6) is 0 Å². The van der Waals surface area contributed by atoms with Gasteiger partial charge < -0.3 is 14.7 Å². The maximum atomic E-state index is 11.8. The molecule has 2 fully saturated rings. The van der Waals surface area contributed by atoms with Crippen molar-refractivity contribution in [1.82, 2.24) is 9.80 Å². The highest BCUT2D eigenvalue weighted by Gasteiger charge is 2.38. The van der Waals surface area contributed by atoms with Crippen LogP contribution in [0.4, 0.5) is 0 Å². The van der Waals surface area contributed by atoms with Crippen molar-refractivity contribution in [3.05, 3.63) is 0 Å². The number of carbonyl (C=O) groups is 1. The van der Waals surface area contributed by atoms with Crippen LogP contribution in [0.15, 0.2) is 0 Å². The van der Waals surface area contributed by atoms with E-state index in [-0.39, 0.29) is 18.6 Å². The molecule has 1 amide bonds. The zero-order valence-corrected chi connectivity index (χ0v) is 10.5. The van der Waals surface area contributed by atoms with Gasteiger partial charge in [-0.2, -0.15) is 0 Å². The molecule has 5 nitrogen and oxygen atoms in total. The minimum Gasteiger partial charge on any atom is -0.390 e. The van der Waals surface area contributed by atoms with E-state index in [9.17, 15) is 9.90 Å². The van der Waals surface area contributed by atoms with Crippen LogP contribution in [0.3, 0.4) is 0 Å². The summed E-state index contributed by atoms with van der Waals surface area (Å²) in [5.41, 5.74) is 0. The normalized spacial score (nSPS) is 30.1. The van der Waals surface area contributed by atoms with E-state index in [1.54, 1.807) is 4.90 Å². The molecule has 1 N–H and O–H groups in total. The molecule has 2 heterocycles. The van der Waals surface area contributed by atoms with Gasteiger partial charge in [0.25, 0.3) is 0 Å². The molecule has 0 spiro atoms. The van der Waals surface area contributed by atoms with Crippen LogP contribution in [0, 0.1) is 0 Å². The van der Waals surface area contributed by atoms with Gasteiger partial charge in [0.15, 0.2) is 0 Å². The van der Waals surface area contributed by atoms with Crippen LogP contribution >= 0.6 is 0 Å². The fraction of sp³-hybridized carbons (Fsp3) is 0.917. The summed E-state index contributed by atoms with van der Waals surface area (Å²) < 4.78 is 5.12. The molecule has 2 atom stereocenters. The van der Waals surface area contributed by atoms with Gasteiger partial charge in [0.1, 0.15) is 6.61 Å². The second kappa shape index (κ2) is 5.80. The van der Waals surface area contributed by atoms with Crippen LogP contribution < -0.4 is 0 Å². The lowest BCUT2D eigenvalue weighted by Gasteiger charge is -2.25. The predicted octanol–water partition coefficient (Wildman–Crippen LogP) is -0.310. The number of nitrogens with zero attached hydrogens (tertiary/aromatic N) is 2. The average molecular weight is 242 g/mol. The Balaban J connectivity index is 1.85. The van der Waals surface area contributed by atoms with Crippen LogP contribution in [0.25, 0.3) is 0 Å². The predicted molar refractivity (Wildman–Crippen MR) is 63.7 cm³/mol. The Labute approximate surface area is 102 Å². The number of hydrogen-bond acceptors (Lipinski definition) is 4. The Morgan fingerprint density at radius 3 is 2.71 bits per heavy atom. The van der Waals surface area contributed by atoms with Gasteiger partial charge in [-0.15, -0.1) is 0 Å². The van der Waals surface area contributed by atoms with Gasteiger partial charge in [-0.25, -0.2) is 0 Å². The average Bonchev–Trinajstić information content (AvgIpc) is 2.94. The molecular weight excluding hydrogens is 220 g/mol. The Hall–Kier alpha value is -0.650. The Bertz CT molecular complexity index is 266. The number of β-amino-alcohol motifs (C(OH)–C–C–N with tert-alkyl or cyclic N) is 1. The van der Waals surface area contributed by atoms with Crippen molar-refractivity contribution in [2.24, 2.45) is 0 Å². The number of carbonyl (C=O) groups excluding carboxylic acids is 1. The first kappa shape index (κ1) is 12.8. The summed E-state index contributed by atoms with van der Waals surface area (Å²) in [4.78, 5) is 15.8. The zero-order chi connectivity index (χ0) is 12.3. The summed E-state index contributed by atoms with van der Waals surface area (Å²) in [6.45, 7) is 5.76. The highest BCUT2D eigenvalue weighted by Crippen LogP contribution is 2.20. The molecule has 98 valence electrons. The first-order chi connectivity index (χ1) is 8.22. The number of aliphatic hydroxyl groups excluding tert-OH is 1. The van der Waals surface area contributed by atoms with Gasteiger partial charge in [-0.1, -0.05) is 0 Å². The van der Waals surface area contributed by atoms with Crippen molar-refractivity contribution < 1.29 is 14.6 Å². The molecule has 0 aliphatic carbocycles. The largest absolute Gasteiger partial charge is 0.390 e. The van der Waals surface area contributed by atoms with Crippen molar-refractivity contribution in [1.29, 1.82) is 0 Å². The van der Waals surface area contributed by atoms with E-state index in [0.29, 0.717) is 19.7 Å². The third-order valence-electron chi connectivity index (χ3n) is 3.65. The van der Waals surface area contributed by atoms with E-state index in [1.165, 1.54) is 12.8 Å². The molecule has 2 aliphatic heterocycles. The topological polar surface area (TPSA) is 53.0 Å².